The Balaban J connectivity index is 1.49. The summed E-state index contributed by atoms with van der Waals surface area (Å²) in [5.74, 6) is -1.44. The predicted molar refractivity (Wildman–Crippen MR) is 97.2 cm³/mol. The van der Waals surface area contributed by atoms with Crippen molar-refractivity contribution in [2.45, 2.75) is 18.9 Å². The van der Waals surface area contributed by atoms with Gasteiger partial charge < -0.3 is 15.3 Å². The van der Waals surface area contributed by atoms with Crippen molar-refractivity contribution in [3.8, 4) is 0 Å². The first-order valence-electron chi connectivity index (χ1n) is 8.66. The molecule has 2 aromatic rings. The van der Waals surface area contributed by atoms with Crippen LogP contribution in [0.1, 0.15) is 17.7 Å². The molecule has 0 amide bonds. The highest BCUT2D eigenvalue weighted by molar-refractivity contribution is 5.84. The molecule has 0 aliphatic carbocycles. The van der Waals surface area contributed by atoms with E-state index in [9.17, 15) is 13.6 Å². The Kier molecular flexibility index (Phi) is 6.08. The van der Waals surface area contributed by atoms with E-state index in [4.69, 9.17) is 5.11 Å². The second kappa shape index (κ2) is 8.68. The van der Waals surface area contributed by atoms with Gasteiger partial charge in [0.1, 0.15) is 17.5 Å². The van der Waals surface area contributed by atoms with E-state index in [1.807, 2.05) is 0 Å². The second-order valence-electron chi connectivity index (χ2n) is 6.38. The van der Waals surface area contributed by atoms with E-state index >= 15 is 0 Å². The lowest BCUT2D eigenvalue weighted by molar-refractivity contribution is -0.131. The number of hydrogen-bond acceptors (Lipinski definition) is 5. The number of nitrogens with one attached hydrogen (secondary N) is 1. The van der Waals surface area contributed by atoms with Crippen molar-refractivity contribution < 1.29 is 18.7 Å². The van der Waals surface area contributed by atoms with Crippen molar-refractivity contribution >= 4 is 17.9 Å². The Morgan fingerprint density at radius 2 is 2.07 bits per heavy atom. The monoisotopic (exact) mass is 374 g/mol. The molecular weight excluding hydrogens is 354 g/mol. The number of rotatable bonds is 7. The second-order valence-corrected chi connectivity index (χ2v) is 6.38. The van der Waals surface area contributed by atoms with Crippen LogP contribution in [0, 0.1) is 11.6 Å². The van der Waals surface area contributed by atoms with Crippen LogP contribution >= 0.6 is 0 Å². The summed E-state index contributed by atoms with van der Waals surface area (Å²) < 4.78 is 27.4. The SMILES string of the molecule is O=C(O)C=Cc1cnc(N[C@@H]2CCN(CCc3c(F)cccc3F)C2)cn1. The van der Waals surface area contributed by atoms with Gasteiger partial charge in [0, 0.05) is 37.3 Å². The van der Waals surface area contributed by atoms with E-state index in [1.165, 1.54) is 30.5 Å². The number of carboxylic acid groups (broad SMARTS) is 1. The number of aromatic nitrogens is 2. The van der Waals surface area contributed by atoms with Gasteiger partial charge in [-0.3, -0.25) is 4.98 Å². The maximum atomic E-state index is 13.7. The summed E-state index contributed by atoms with van der Waals surface area (Å²) in [6, 6.07) is 4.10. The molecule has 1 atom stereocenters. The summed E-state index contributed by atoms with van der Waals surface area (Å²) in [5.41, 5.74) is 0.590. The number of likely N-dealkylation sites (tertiary alicyclic amines) is 1. The summed E-state index contributed by atoms with van der Waals surface area (Å²) in [5, 5.41) is 11.9. The lowest BCUT2D eigenvalue weighted by atomic mass is 10.1. The summed E-state index contributed by atoms with van der Waals surface area (Å²) >= 11 is 0. The van der Waals surface area contributed by atoms with Crippen LogP contribution in [0.5, 0.6) is 0 Å². The number of carbonyl (C=O) groups is 1. The minimum Gasteiger partial charge on any atom is -0.478 e. The molecule has 1 saturated heterocycles. The quantitative estimate of drug-likeness (QED) is 0.726. The minimum atomic E-state index is -1.04. The maximum Gasteiger partial charge on any atom is 0.328 e. The standard InChI is InChI=1S/C19H20F2N4O2/c20-16-2-1-3-17(21)15(16)7-9-25-8-6-14(12-25)24-18-11-22-13(10-23-18)4-5-19(26)27/h1-5,10-11,14H,6-9,12H2,(H,23,24)(H,26,27)/t14-/m1/s1. The normalized spacial score (nSPS) is 17.5. The Labute approximate surface area is 155 Å². The lowest BCUT2D eigenvalue weighted by Crippen LogP contribution is -2.28. The average molecular weight is 374 g/mol. The van der Waals surface area contributed by atoms with Gasteiger partial charge in [-0.2, -0.15) is 0 Å². The van der Waals surface area contributed by atoms with Crippen LogP contribution in [-0.2, 0) is 11.2 Å². The van der Waals surface area contributed by atoms with Gasteiger partial charge in [0.15, 0.2) is 0 Å². The third-order valence-corrected chi connectivity index (χ3v) is 4.43. The number of carboxylic acids is 1. The average Bonchev–Trinajstić information content (AvgIpc) is 3.08. The van der Waals surface area contributed by atoms with Crippen LogP contribution in [0.25, 0.3) is 6.08 Å². The Hall–Kier alpha value is -2.87. The third-order valence-electron chi connectivity index (χ3n) is 4.43. The molecule has 0 spiro atoms. The zero-order chi connectivity index (χ0) is 19.2. The molecule has 2 heterocycles. The highest BCUT2D eigenvalue weighted by atomic mass is 19.1. The van der Waals surface area contributed by atoms with Crippen molar-refractivity contribution in [3.05, 3.63) is 59.6 Å². The largest absolute Gasteiger partial charge is 0.478 e. The summed E-state index contributed by atoms with van der Waals surface area (Å²) in [7, 11) is 0. The zero-order valence-electron chi connectivity index (χ0n) is 14.6. The van der Waals surface area contributed by atoms with E-state index < -0.39 is 17.6 Å². The number of anilines is 1. The minimum absolute atomic E-state index is 0.129. The third kappa shape index (κ3) is 5.30. The number of benzene rings is 1. The van der Waals surface area contributed by atoms with E-state index in [0.29, 0.717) is 24.5 Å². The van der Waals surface area contributed by atoms with Gasteiger partial charge in [0.2, 0.25) is 0 Å². The molecule has 1 aliphatic rings. The van der Waals surface area contributed by atoms with Gasteiger partial charge in [-0.05, 0) is 31.1 Å². The molecule has 1 aliphatic heterocycles. The van der Waals surface area contributed by atoms with Crippen LogP contribution in [0.2, 0.25) is 0 Å². The summed E-state index contributed by atoms with van der Waals surface area (Å²) in [6.45, 7) is 2.17. The first kappa shape index (κ1) is 18.9. The van der Waals surface area contributed by atoms with Crippen molar-refractivity contribution in [2.75, 3.05) is 25.0 Å². The van der Waals surface area contributed by atoms with Gasteiger partial charge >= 0.3 is 5.97 Å². The first-order chi connectivity index (χ1) is 13.0. The molecule has 0 bridgehead atoms. The smallest absolute Gasteiger partial charge is 0.328 e. The van der Waals surface area contributed by atoms with Crippen molar-refractivity contribution in [1.82, 2.24) is 14.9 Å². The molecule has 1 aromatic heterocycles. The Bertz CT molecular complexity index is 807. The molecule has 0 unspecified atom stereocenters. The fraction of sp³-hybridized carbons (Fsp3) is 0.316. The van der Waals surface area contributed by atoms with Crippen LogP contribution in [0.4, 0.5) is 14.6 Å². The van der Waals surface area contributed by atoms with Crippen LogP contribution in [0.15, 0.2) is 36.7 Å². The topological polar surface area (TPSA) is 78.3 Å². The number of nitrogens with zero attached hydrogens (tertiary/aromatic N) is 3. The molecular formula is C19H20F2N4O2. The van der Waals surface area contributed by atoms with E-state index in [2.05, 4.69) is 20.2 Å². The van der Waals surface area contributed by atoms with Crippen LogP contribution in [-0.4, -0.2) is 51.6 Å². The van der Waals surface area contributed by atoms with Crippen molar-refractivity contribution in [2.24, 2.45) is 0 Å². The van der Waals surface area contributed by atoms with Crippen LogP contribution < -0.4 is 5.32 Å². The summed E-state index contributed by atoms with van der Waals surface area (Å²) in [6.07, 6.45) is 6.65. The first-order valence-corrected chi connectivity index (χ1v) is 8.66. The van der Waals surface area contributed by atoms with Crippen molar-refractivity contribution in [1.29, 1.82) is 0 Å². The molecule has 6 nitrogen and oxygen atoms in total. The molecule has 0 saturated carbocycles. The highest BCUT2D eigenvalue weighted by Gasteiger charge is 2.23. The van der Waals surface area contributed by atoms with Gasteiger partial charge in [0.05, 0.1) is 18.1 Å². The van der Waals surface area contributed by atoms with Crippen molar-refractivity contribution in [3.63, 3.8) is 0 Å². The van der Waals surface area contributed by atoms with E-state index in [0.717, 1.165) is 25.6 Å². The van der Waals surface area contributed by atoms with E-state index in [1.54, 1.807) is 6.20 Å². The molecule has 2 N–H and O–H groups in total. The lowest BCUT2D eigenvalue weighted by Gasteiger charge is -2.17. The number of halogens is 2. The molecule has 1 fully saturated rings. The fourth-order valence-electron chi connectivity index (χ4n) is 3.06. The molecule has 27 heavy (non-hydrogen) atoms. The Morgan fingerprint density at radius 1 is 1.30 bits per heavy atom. The zero-order valence-corrected chi connectivity index (χ0v) is 14.6. The Morgan fingerprint density at radius 3 is 2.74 bits per heavy atom. The van der Waals surface area contributed by atoms with Gasteiger partial charge in [-0.1, -0.05) is 6.07 Å². The molecule has 142 valence electrons. The predicted octanol–water partition coefficient (Wildman–Crippen LogP) is 2.58. The fourth-order valence-corrected chi connectivity index (χ4v) is 3.06. The van der Waals surface area contributed by atoms with Gasteiger partial charge in [-0.15, -0.1) is 0 Å². The highest BCUT2D eigenvalue weighted by Crippen LogP contribution is 2.17. The number of hydrogen-bond donors (Lipinski definition) is 2. The maximum absolute atomic E-state index is 13.7. The molecule has 3 rings (SSSR count). The van der Waals surface area contributed by atoms with Gasteiger partial charge in [0.25, 0.3) is 0 Å². The molecule has 8 heteroatoms. The van der Waals surface area contributed by atoms with E-state index in [-0.39, 0.29) is 11.6 Å². The number of aliphatic carboxylic acids is 1. The van der Waals surface area contributed by atoms with Gasteiger partial charge in [-0.25, -0.2) is 18.6 Å². The molecule has 0 radical (unpaired) electrons. The summed E-state index contributed by atoms with van der Waals surface area (Å²) in [4.78, 5) is 21.0. The molecule has 1 aromatic carbocycles. The van der Waals surface area contributed by atoms with Crippen LogP contribution in [0.3, 0.4) is 0 Å².